The number of hydrogen-bond acceptors (Lipinski definition) is 3. The smallest absolute Gasteiger partial charge is 0.243 e. The standard InChI is InChI=1S/C22H35N3O3/c1-11(2)19(23-12(3)26)20(27)24-15-9-25(10-22(15,4)5)21(28)18-16-13-6-7-14(8-13)17(16)18/h11,13-19H,6-10H2,1-5H3,(H,23,26)(H,24,27)/t13-,14+,15?,16+,17-,18?,19-/m1/s1. The number of likely N-dealkylation sites (tertiary alicyclic amines) is 1. The first kappa shape index (κ1) is 19.7. The van der Waals surface area contributed by atoms with Crippen molar-refractivity contribution >= 4 is 17.7 Å². The lowest BCUT2D eigenvalue weighted by atomic mass is 9.87. The van der Waals surface area contributed by atoms with E-state index >= 15 is 0 Å². The van der Waals surface area contributed by atoms with Crippen LogP contribution in [0.3, 0.4) is 0 Å². The molecule has 2 unspecified atom stereocenters. The second-order valence-corrected chi connectivity index (χ2v) is 10.7. The van der Waals surface area contributed by atoms with Crippen molar-refractivity contribution in [1.29, 1.82) is 0 Å². The molecule has 1 saturated heterocycles. The van der Waals surface area contributed by atoms with E-state index in [1.54, 1.807) is 0 Å². The van der Waals surface area contributed by atoms with Crippen LogP contribution in [-0.2, 0) is 14.4 Å². The molecule has 6 nitrogen and oxygen atoms in total. The monoisotopic (exact) mass is 389 g/mol. The van der Waals surface area contributed by atoms with Gasteiger partial charge in [-0.05, 0) is 48.9 Å². The quantitative estimate of drug-likeness (QED) is 0.752. The van der Waals surface area contributed by atoms with Crippen LogP contribution in [0.1, 0.15) is 53.9 Å². The van der Waals surface area contributed by atoms with Gasteiger partial charge in [-0.15, -0.1) is 0 Å². The van der Waals surface area contributed by atoms with E-state index in [-0.39, 0.29) is 35.1 Å². The highest BCUT2D eigenvalue weighted by atomic mass is 16.2. The van der Waals surface area contributed by atoms with Crippen molar-refractivity contribution in [1.82, 2.24) is 15.5 Å². The third-order valence-corrected chi connectivity index (χ3v) is 7.90. The molecule has 0 aromatic rings. The normalized spacial score (nSPS) is 38.3. The highest BCUT2D eigenvalue weighted by Crippen LogP contribution is 2.69. The third kappa shape index (κ3) is 3.22. The Morgan fingerprint density at radius 3 is 2.21 bits per heavy atom. The fourth-order valence-electron chi connectivity index (χ4n) is 6.42. The van der Waals surface area contributed by atoms with Crippen molar-refractivity contribution in [2.75, 3.05) is 13.1 Å². The van der Waals surface area contributed by atoms with Crippen molar-refractivity contribution < 1.29 is 14.4 Å². The van der Waals surface area contributed by atoms with Gasteiger partial charge in [0, 0.05) is 31.3 Å². The summed E-state index contributed by atoms with van der Waals surface area (Å²) in [5, 5.41) is 5.89. The number of carbonyl (C=O) groups is 3. The molecular weight excluding hydrogens is 354 g/mol. The Hall–Kier alpha value is -1.59. The van der Waals surface area contributed by atoms with Crippen LogP contribution < -0.4 is 10.6 Å². The van der Waals surface area contributed by atoms with E-state index in [0.717, 1.165) is 11.8 Å². The van der Waals surface area contributed by atoms with Crippen LogP contribution in [0.5, 0.6) is 0 Å². The van der Waals surface area contributed by atoms with Gasteiger partial charge in [0.25, 0.3) is 0 Å². The molecular formula is C22H35N3O3. The molecule has 2 N–H and O–H groups in total. The Labute approximate surface area is 168 Å². The van der Waals surface area contributed by atoms with Crippen LogP contribution in [0.15, 0.2) is 0 Å². The summed E-state index contributed by atoms with van der Waals surface area (Å²) in [6.45, 7) is 10.8. The Bertz CT molecular complexity index is 673. The van der Waals surface area contributed by atoms with Crippen molar-refractivity contribution in [3.8, 4) is 0 Å². The second-order valence-electron chi connectivity index (χ2n) is 10.7. The molecule has 156 valence electrons. The second kappa shape index (κ2) is 6.74. The van der Waals surface area contributed by atoms with Gasteiger partial charge < -0.3 is 15.5 Å². The fraction of sp³-hybridized carbons (Fsp3) is 0.864. The van der Waals surface area contributed by atoms with Gasteiger partial charge in [0.1, 0.15) is 6.04 Å². The highest BCUT2D eigenvalue weighted by Gasteiger charge is 2.68. The molecule has 0 radical (unpaired) electrons. The first-order valence-electron chi connectivity index (χ1n) is 11.0. The number of nitrogens with one attached hydrogen (secondary N) is 2. The highest BCUT2D eigenvalue weighted by molar-refractivity contribution is 5.87. The number of amides is 3. The molecule has 0 aromatic carbocycles. The number of nitrogens with zero attached hydrogens (tertiary/aromatic N) is 1. The summed E-state index contributed by atoms with van der Waals surface area (Å²) < 4.78 is 0. The molecule has 2 bridgehead atoms. The Kier molecular flexibility index (Phi) is 4.74. The van der Waals surface area contributed by atoms with Crippen LogP contribution in [-0.4, -0.2) is 47.8 Å². The average Bonchev–Trinajstić information content (AvgIpc) is 2.87. The third-order valence-electron chi connectivity index (χ3n) is 7.90. The summed E-state index contributed by atoms with van der Waals surface area (Å²) >= 11 is 0. The van der Waals surface area contributed by atoms with E-state index < -0.39 is 6.04 Å². The SMILES string of the molecule is CC(=O)N[C@@H](C(=O)NC1CN(C(=O)C2[C@@H]3[C@H]4CC[C@H](C4)[C@H]23)CC1(C)C)C(C)C. The van der Waals surface area contributed by atoms with Gasteiger partial charge in [0.2, 0.25) is 17.7 Å². The van der Waals surface area contributed by atoms with E-state index in [2.05, 4.69) is 24.5 Å². The van der Waals surface area contributed by atoms with Crippen molar-refractivity contribution in [2.24, 2.45) is 40.9 Å². The van der Waals surface area contributed by atoms with Crippen LogP contribution in [0.2, 0.25) is 0 Å². The number of hydrogen-bond donors (Lipinski definition) is 2. The first-order valence-corrected chi connectivity index (χ1v) is 11.0. The van der Waals surface area contributed by atoms with E-state index in [9.17, 15) is 14.4 Å². The number of rotatable bonds is 5. The van der Waals surface area contributed by atoms with Crippen LogP contribution in [0, 0.1) is 40.9 Å². The molecule has 4 fully saturated rings. The maximum atomic E-state index is 13.2. The Morgan fingerprint density at radius 2 is 1.68 bits per heavy atom. The molecule has 0 aromatic heterocycles. The largest absolute Gasteiger partial charge is 0.349 e. The average molecular weight is 390 g/mol. The maximum Gasteiger partial charge on any atom is 0.243 e. The number of fused-ring (bicyclic) bond motifs is 5. The van der Waals surface area contributed by atoms with Crippen molar-refractivity contribution in [3.63, 3.8) is 0 Å². The molecule has 28 heavy (non-hydrogen) atoms. The predicted octanol–water partition coefficient (Wildman–Crippen LogP) is 1.79. The summed E-state index contributed by atoms with van der Waals surface area (Å²) in [6, 6.07) is -0.634. The zero-order chi connectivity index (χ0) is 20.4. The first-order chi connectivity index (χ1) is 13.1. The van der Waals surface area contributed by atoms with Gasteiger partial charge in [-0.25, -0.2) is 0 Å². The molecule has 3 aliphatic carbocycles. The minimum absolute atomic E-state index is 0.00691. The molecule has 4 aliphatic rings. The summed E-state index contributed by atoms with van der Waals surface area (Å²) in [5.41, 5.74) is -0.175. The molecule has 1 aliphatic heterocycles. The van der Waals surface area contributed by atoms with E-state index in [4.69, 9.17) is 0 Å². The zero-order valence-electron chi connectivity index (χ0n) is 17.8. The van der Waals surface area contributed by atoms with Crippen LogP contribution in [0.4, 0.5) is 0 Å². The number of carbonyl (C=O) groups excluding carboxylic acids is 3. The predicted molar refractivity (Wildman–Crippen MR) is 106 cm³/mol. The van der Waals surface area contributed by atoms with Gasteiger partial charge in [-0.3, -0.25) is 14.4 Å². The minimum Gasteiger partial charge on any atom is -0.349 e. The summed E-state index contributed by atoms with van der Waals surface area (Å²) in [6.07, 6.45) is 3.99. The Balaban J connectivity index is 1.39. The topological polar surface area (TPSA) is 78.5 Å². The lowest BCUT2D eigenvalue weighted by Gasteiger charge is -2.29. The summed E-state index contributed by atoms with van der Waals surface area (Å²) in [4.78, 5) is 39.5. The molecule has 3 amide bonds. The summed E-state index contributed by atoms with van der Waals surface area (Å²) in [5.74, 6) is 3.09. The lowest BCUT2D eigenvalue weighted by Crippen LogP contribution is -2.54. The van der Waals surface area contributed by atoms with Gasteiger partial charge in [-0.1, -0.05) is 27.7 Å². The van der Waals surface area contributed by atoms with Gasteiger partial charge >= 0.3 is 0 Å². The van der Waals surface area contributed by atoms with Gasteiger partial charge in [-0.2, -0.15) is 0 Å². The van der Waals surface area contributed by atoms with Gasteiger partial charge in [0.05, 0.1) is 6.04 Å². The molecule has 7 atom stereocenters. The molecule has 3 saturated carbocycles. The van der Waals surface area contributed by atoms with Crippen molar-refractivity contribution in [2.45, 2.75) is 66.0 Å². The van der Waals surface area contributed by atoms with E-state index in [1.165, 1.54) is 26.2 Å². The molecule has 1 heterocycles. The summed E-state index contributed by atoms with van der Waals surface area (Å²) in [7, 11) is 0. The van der Waals surface area contributed by atoms with Crippen molar-refractivity contribution in [3.05, 3.63) is 0 Å². The van der Waals surface area contributed by atoms with E-state index in [0.29, 0.717) is 30.8 Å². The fourth-order valence-corrected chi connectivity index (χ4v) is 6.42. The van der Waals surface area contributed by atoms with Gasteiger partial charge in [0.15, 0.2) is 0 Å². The molecule has 6 heteroatoms. The minimum atomic E-state index is -0.545. The zero-order valence-corrected chi connectivity index (χ0v) is 17.8. The Morgan fingerprint density at radius 1 is 1.07 bits per heavy atom. The molecule has 4 rings (SSSR count). The maximum absolute atomic E-state index is 13.2. The van der Waals surface area contributed by atoms with E-state index in [1.807, 2.05) is 18.7 Å². The lowest BCUT2D eigenvalue weighted by molar-refractivity contribution is -0.133. The molecule has 0 spiro atoms. The van der Waals surface area contributed by atoms with Crippen LogP contribution in [0.25, 0.3) is 0 Å². The van der Waals surface area contributed by atoms with Crippen LogP contribution >= 0.6 is 0 Å².